The highest BCUT2D eigenvalue weighted by Gasteiger charge is 2.23. The minimum atomic E-state index is -0.723. The second-order valence-corrected chi connectivity index (χ2v) is 6.79. The van der Waals surface area contributed by atoms with E-state index in [0.29, 0.717) is 33.9 Å². The van der Waals surface area contributed by atoms with Gasteiger partial charge in [-0.2, -0.15) is 0 Å². The number of methoxy groups -OCH3 is 1. The predicted molar refractivity (Wildman–Crippen MR) is 111 cm³/mol. The first kappa shape index (κ1) is 19.8. The Balaban J connectivity index is 2.13. The fraction of sp³-hybridized carbons (Fsp3) is 0.238. The Hall–Kier alpha value is -2.99. The van der Waals surface area contributed by atoms with Gasteiger partial charge in [0.05, 0.1) is 18.3 Å². The molecule has 0 atom stereocenters. The van der Waals surface area contributed by atoms with Crippen LogP contribution >= 0.6 is 11.6 Å². The zero-order valence-electron chi connectivity index (χ0n) is 15.7. The first-order valence-corrected chi connectivity index (χ1v) is 9.35. The van der Waals surface area contributed by atoms with Crippen LogP contribution in [0.25, 0.3) is 10.9 Å². The van der Waals surface area contributed by atoms with Crippen LogP contribution in [-0.4, -0.2) is 22.7 Å². The maximum Gasteiger partial charge on any atom is 0.267 e. The number of nitrogens with zero attached hydrogens (tertiary/aromatic N) is 1. The van der Waals surface area contributed by atoms with E-state index in [9.17, 15) is 14.7 Å². The van der Waals surface area contributed by atoms with Crippen molar-refractivity contribution in [1.29, 1.82) is 0 Å². The largest absolute Gasteiger partial charge is 0.506 e. The van der Waals surface area contributed by atoms with Crippen LogP contribution in [0.3, 0.4) is 0 Å². The maximum absolute atomic E-state index is 13.0. The molecule has 2 N–H and O–H groups in total. The van der Waals surface area contributed by atoms with Crippen LogP contribution in [0.2, 0.25) is 5.02 Å². The standard InChI is InChI=1S/C21H21ClN2O4/c1-3-4-11-24-16-8-6-5-7-14(16)19(25)18(21(24)27)20(26)23-15-12-13(22)9-10-17(15)28-2/h5-10,12,25H,3-4,11H2,1-2H3,(H,23,26). The van der Waals surface area contributed by atoms with E-state index in [1.165, 1.54) is 17.7 Å². The number of aryl methyl sites for hydroxylation is 1. The average Bonchev–Trinajstić information content (AvgIpc) is 2.68. The Morgan fingerprint density at radius 1 is 1.25 bits per heavy atom. The summed E-state index contributed by atoms with van der Waals surface area (Å²) < 4.78 is 6.76. The molecule has 28 heavy (non-hydrogen) atoms. The van der Waals surface area contributed by atoms with E-state index in [1.807, 2.05) is 6.92 Å². The van der Waals surface area contributed by atoms with E-state index in [0.717, 1.165) is 12.8 Å². The van der Waals surface area contributed by atoms with E-state index >= 15 is 0 Å². The van der Waals surface area contributed by atoms with Crippen LogP contribution in [-0.2, 0) is 6.54 Å². The molecule has 0 aliphatic heterocycles. The van der Waals surface area contributed by atoms with E-state index in [2.05, 4.69) is 5.32 Å². The van der Waals surface area contributed by atoms with Crippen LogP contribution in [0.15, 0.2) is 47.3 Å². The number of hydrogen-bond donors (Lipinski definition) is 2. The molecule has 0 fully saturated rings. The molecule has 1 aromatic heterocycles. The number of nitrogens with one attached hydrogen (secondary N) is 1. The lowest BCUT2D eigenvalue weighted by Crippen LogP contribution is -2.30. The van der Waals surface area contributed by atoms with Crippen molar-refractivity contribution in [2.75, 3.05) is 12.4 Å². The SMILES string of the molecule is CCCCn1c(=O)c(C(=O)Nc2cc(Cl)ccc2OC)c(O)c2ccccc21. The average molecular weight is 401 g/mol. The summed E-state index contributed by atoms with van der Waals surface area (Å²) in [5.41, 5.74) is 0.0578. The van der Waals surface area contributed by atoms with Gasteiger partial charge in [0.2, 0.25) is 0 Å². The number of fused-ring (bicyclic) bond motifs is 1. The first-order chi connectivity index (χ1) is 13.5. The highest BCUT2D eigenvalue weighted by Crippen LogP contribution is 2.30. The van der Waals surface area contributed by atoms with Crippen molar-refractivity contribution in [3.05, 3.63) is 63.4 Å². The van der Waals surface area contributed by atoms with Crippen molar-refractivity contribution in [3.8, 4) is 11.5 Å². The number of rotatable bonds is 6. The number of aromatic nitrogens is 1. The number of para-hydroxylation sites is 1. The molecule has 0 radical (unpaired) electrons. The van der Waals surface area contributed by atoms with Gasteiger partial charge >= 0.3 is 0 Å². The van der Waals surface area contributed by atoms with Gasteiger partial charge in [0.1, 0.15) is 17.1 Å². The fourth-order valence-electron chi connectivity index (χ4n) is 3.10. The molecular weight excluding hydrogens is 380 g/mol. The molecule has 7 heteroatoms. The van der Waals surface area contributed by atoms with Crippen LogP contribution in [0.1, 0.15) is 30.1 Å². The molecule has 0 unspecified atom stereocenters. The van der Waals surface area contributed by atoms with E-state index in [-0.39, 0.29) is 11.3 Å². The Morgan fingerprint density at radius 2 is 2.00 bits per heavy atom. The first-order valence-electron chi connectivity index (χ1n) is 8.97. The number of anilines is 1. The van der Waals surface area contributed by atoms with Gasteiger partial charge in [0.25, 0.3) is 11.5 Å². The van der Waals surface area contributed by atoms with Crippen molar-refractivity contribution < 1.29 is 14.6 Å². The van der Waals surface area contributed by atoms with Crippen molar-refractivity contribution >= 4 is 34.1 Å². The predicted octanol–water partition coefficient (Wildman–Crippen LogP) is 4.42. The minimum Gasteiger partial charge on any atom is -0.506 e. The summed E-state index contributed by atoms with van der Waals surface area (Å²) in [7, 11) is 1.46. The Labute approximate surface area is 167 Å². The number of ether oxygens (including phenoxy) is 1. The van der Waals surface area contributed by atoms with Gasteiger partial charge in [0.15, 0.2) is 0 Å². The minimum absolute atomic E-state index is 0.308. The summed E-state index contributed by atoms with van der Waals surface area (Å²) in [4.78, 5) is 26.0. The number of carbonyl (C=O) groups excluding carboxylic acids is 1. The lowest BCUT2D eigenvalue weighted by atomic mass is 10.1. The Kier molecular flexibility index (Phi) is 5.90. The highest BCUT2D eigenvalue weighted by molar-refractivity contribution is 6.31. The Morgan fingerprint density at radius 3 is 2.71 bits per heavy atom. The maximum atomic E-state index is 13.0. The number of carbonyl (C=O) groups is 1. The number of amides is 1. The number of pyridine rings is 1. The van der Waals surface area contributed by atoms with E-state index < -0.39 is 11.5 Å². The smallest absolute Gasteiger partial charge is 0.267 e. The van der Waals surface area contributed by atoms with Crippen molar-refractivity contribution in [3.63, 3.8) is 0 Å². The molecule has 2 aromatic carbocycles. The molecule has 146 valence electrons. The van der Waals surface area contributed by atoms with Crippen molar-refractivity contribution in [1.82, 2.24) is 4.57 Å². The zero-order chi connectivity index (χ0) is 20.3. The van der Waals surface area contributed by atoms with Crippen LogP contribution < -0.4 is 15.6 Å². The third-order valence-corrected chi connectivity index (χ3v) is 4.75. The molecule has 0 saturated carbocycles. The van der Waals surface area contributed by atoms with Crippen LogP contribution in [0, 0.1) is 0 Å². The summed E-state index contributed by atoms with van der Waals surface area (Å²) in [6.45, 7) is 2.48. The second kappa shape index (κ2) is 8.35. The van der Waals surface area contributed by atoms with Gasteiger partial charge in [-0.3, -0.25) is 9.59 Å². The van der Waals surface area contributed by atoms with Crippen molar-refractivity contribution in [2.24, 2.45) is 0 Å². The quantitative estimate of drug-likeness (QED) is 0.641. The summed E-state index contributed by atoms with van der Waals surface area (Å²) in [6, 6.07) is 11.7. The summed E-state index contributed by atoms with van der Waals surface area (Å²) in [5, 5.41) is 14.2. The van der Waals surface area contributed by atoms with Crippen molar-refractivity contribution in [2.45, 2.75) is 26.3 Å². The molecular formula is C21H21ClN2O4. The molecule has 0 spiro atoms. The summed E-state index contributed by atoms with van der Waals surface area (Å²) in [6.07, 6.45) is 1.67. The monoisotopic (exact) mass is 400 g/mol. The van der Waals surface area contributed by atoms with Gasteiger partial charge < -0.3 is 19.7 Å². The lowest BCUT2D eigenvalue weighted by molar-refractivity contribution is 0.102. The lowest BCUT2D eigenvalue weighted by Gasteiger charge is -2.15. The van der Waals surface area contributed by atoms with Crippen LogP contribution in [0.5, 0.6) is 11.5 Å². The third-order valence-electron chi connectivity index (χ3n) is 4.52. The molecule has 3 aromatic rings. The molecule has 0 saturated heterocycles. The molecule has 0 aliphatic carbocycles. The molecule has 1 heterocycles. The fourth-order valence-corrected chi connectivity index (χ4v) is 3.27. The third kappa shape index (κ3) is 3.68. The molecule has 0 bridgehead atoms. The topological polar surface area (TPSA) is 80.6 Å². The number of unbranched alkanes of at least 4 members (excludes halogenated alkanes) is 1. The zero-order valence-corrected chi connectivity index (χ0v) is 16.4. The van der Waals surface area contributed by atoms with Gasteiger partial charge in [-0.1, -0.05) is 37.1 Å². The van der Waals surface area contributed by atoms with Gasteiger partial charge in [-0.05, 0) is 36.8 Å². The second-order valence-electron chi connectivity index (χ2n) is 6.35. The van der Waals surface area contributed by atoms with Gasteiger partial charge in [0, 0.05) is 17.0 Å². The highest BCUT2D eigenvalue weighted by atomic mass is 35.5. The van der Waals surface area contributed by atoms with Crippen LogP contribution in [0.4, 0.5) is 5.69 Å². The van der Waals surface area contributed by atoms with Gasteiger partial charge in [-0.15, -0.1) is 0 Å². The van der Waals surface area contributed by atoms with Gasteiger partial charge in [-0.25, -0.2) is 0 Å². The Bertz CT molecular complexity index is 1090. The summed E-state index contributed by atoms with van der Waals surface area (Å²) in [5.74, 6) is -0.671. The summed E-state index contributed by atoms with van der Waals surface area (Å²) >= 11 is 6.00. The van der Waals surface area contributed by atoms with E-state index in [4.69, 9.17) is 16.3 Å². The molecule has 3 rings (SSSR count). The number of benzene rings is 2. The van der Waals surface area contributed by atoms with E-state index in [1.54, 1.807) is 36.4 Å². The molecule has 6 nitrogen and oxygen atoms in total. The molecule has 1 amide bonds. The number of aromatic hydroxyl groups is 1. The molecule has 0 aliphatic rings. The normalized spacial score (nSPS) is 10.8. The number of hydrogen-bond acceptors (Lipinski definition) is 4. The number of halogens is 1.